The molecule has 3 aromatic rings. The van der Waals surface area contributed by atoms with E-state index in [1.165, 1.54) is 4.52 Å². The van der Waals surface area contributed by atoms with Gasteiger partial charge in [0.1, 0.15) is 11.6 Å². The van der Waals surface area contributed by atoms with Gasteiger partial charge < -0.3 is 9.64 Å². The molecule has 0 unspecified atom stereocenters. The summed E-state index contributed by atoms with van der Waals surface area (Å²) in [6.07, 6.45) is 0.0543. The number of nitrogens with one attached hydrogen (secondary N) is 1. The lowest BCUT2D eigenvalue weighted by Gasteiger charge is -2.25. The molecule has 3 rings (SSSR count). The molecule has 0 aliphatic carbocycles. The number of aromatic nitrogens is 4. The highest BCUT2D eigenvalue weighted by atomic mass is 16.5. The molecule has 28 heavy (non-hydrogen) atoms. The lowest BCUT2D eigenvalue weighted by atomic mass is 10.1. The Morgan fingerprint density at radius 3 is 2.57 bits per heavy atom. The second kappa shape index (κ2) is 7.84. The highest BCUT2D eigenvalue weighted by Gasteiger charge is 2.20. The Bertz CT molecular complexity index is 1050. The number of fused-ring (bicyclic) bond motifs is 1. The van der Waals surface area contributed by atoms with Gasteiger partial charge in [0.05, 0.1) is 19.1 Å². The van der Waals surface area contributed by atoms with Crippen molar-refractivity contribution in [3.8, 4) is 5.75 Å². The molecule has 1 atom stereocenters. The van der Waals surface area contributed by atoms with Crippen LogP contribution in [0, 0.1) is 13.8 Å². The van der Waals surface area contributed by atoms with E-state index in [1.54, 1.807) is 25.8 Å². The van der Waals surface area contributed by atoms with Gasteiger partial charge in [0.25, 0.3) is 11.3 Å². The number of nitrogens with zero attached hydrogens (tertiary/aromatic N) is 4. The number of carbonyl (C=O) groups is 1. The van der Waals surface area contributed by atoms with Gasteiger partial charge in [-0.2, -0.15) is 9.50 Å². The third-order valence-electron chi connectivity index (χ3n) is 4.98. The van der Waals surface area contributed by atoms with Gasteiger partial charge in [0.2, 0.25) is 5.91 Å². The van der Waals surface area contributed by atoms with E-state index in [1.807, 2.05) is 38.1 Å². The largest absolute Gasteiger partial charge is 0.494 e. The van der Waals surface area contributed by atoms with Crippen LogP contribution in [0.15, 0.2) is 29.1 Å². The second-order valence-corrected chi connectivity index (χ2v) is 6.79. The summed E-state index contributed by atoms with van der Waals surface area (Å²) in [7, 11) is 1.75. The lowest BCUT2D eigenvalue weighted by molar-refractivity contribution is -0.131. The van der Waals surface area contributed by atoms with Crippen molar-refractivity contribution in [2.24, 2.45) is 0 Å². The number of amides is 1. The van der Waals surface area contributed by atoms with Crippen molar-refractivity contribution in [3.63, 3.8) is 0 Å². The molecule has 1 aromatic carbocycles. The van der Waals surface area contributed by atoms with E-state index in [0.717, 1.165) is 11.3 Å². The molecule has 0 radical (unpaired) electrons. The molecule has 0 aliphatic heterocycles. The Kier molecular flexibility index (Phi) is 5.48. The van der Waals surface area contributed by atoms with Gasteiger partial charge in [-0.3, -0.25) is 14.7 Å². The number of hydrogen-bond acceptors (Lipinski definition) is 5. The maximum absolute atomic E-state index is 12.7. The first-order valence-electron chi connectivity index (χ1n) is 9.25. The van der Waals surface area contributed by atoms with Gasteiger partial charge in [0.15, 0.2) is 0 Å². The van der Waals surface area contributed by atoms with Crippen molar-refractivity contribution >= 4 is 11.7 Å². The van der Waals surface area contributed by atoms with E-state index in [2.05, 4.69) is 15.1 Å². The fraction of sp³-hybridized carbons (Fsp3) is 0.400. The highest BCUT2D eigenvalue weighted by Crippen LogP contribution is 2.22. The first-order chi connectivity index (χ1) is 13.3. The molecule has 1 N–H and O–H groups in total. The zero-order valence-electron chi connectivity index (χ0n) is 16.8. The number of benzene rings is 1. The van der Waals surface area contributed by atoms with Gasteiger partial charge in [0, 0.05) is 18.3 Å². The van der Waals surface area contributed by atoms with Crippen LogP contribution in [0.3, 0.4) is 0 Å². The fourth-order valence-corrected chi connectivity index (χ4v) is 2.94. The Hall–Kier alpha value is -3.16. The number of aryl methyl sites for hydroxylation is 1. The van der Waals surface area contributed by atoms with Crippen molar-refractivity contribution in [2.75, 3.05) is 13.7 Å². The van der Waals surface area contributed by atoms with Crippen LogP contribution >= 0.6 is 0 Å². The molecule has 1 amide bonds. The molecule has 148 valence electrons. The van der Waals surface area contributed by atoms with Gasteiger partial charge in [-0.15, -0.1) is 0 Å². The average molecular weight is 383 g/mol. The molecular weight excluding hydrogens is 358 g/mol. The van der Waals surface area contributed by atoms with Crippen LogP contribution in [0.5, 0.6) is 5.75 Å². The summed E-state index contributed by atoms with van der Waals surface area (Å²) in [5, 5.41) is 2.88. The number of likely N-dealkylation sites (N-methyl/N-ethyl adjacent to an activating group) is 1. The molecule has 0 fully saturated rings. The standard InChI is InChI=1S/C20H25N5O3/c1-6-28-16-9-7-15(8-10-16)14(4)24(5)18(26)11-17-22-20-21-13(3)12(2)19(27)25(20)23-17/h7-10,14H,6,11H2,1-5H3,(H,21,22,23)/t14-/m1/s1. The summed E-state index contributed by atoms with van der Waals surface area (Å²) in [6, 6.07) is 7.59. The molecular formula is C20H25N5O3. The number of aromatic amines is 1. The van der Waals surface area contributed by atoms with Crippen molar-refractivity contribution in [1.82, 2.24) is 24.5 Å². The number of H-pyrrole nitrogens is 1. The average Bonchev–Trinajstić information content (AvgIpc) is 3.08. The van der Waals surface area contributed by atoms with Gasteiger partial charge in [-0.25, -0.2) is 4.98 Å². The maximum Gasteiger partial charge on any atom is 0.277 e. The highest BCUT2D eigenvalue weighted by molar-refractivity contribution is 5.78. The Morgan fingerprint density at radius 1 is 1.25 bits per heavy atom. The molecule has 8 heteroatoms. The van der Waals surface area contributed by atoms with Crippen molar-refractivity contribution < 1.29 is 9.53 Å². The van der Waals surface area contributed by atoms with Crippen LogP contribution in [-0.4, -0.2) is 44.0 Å². The van der Waals surface area contributed by atoms with Crippen molar-refractivity contribution in [2.45, 2.75) is 40.2 Å². The van der Waals surface area contributed by atoms with E-state index >= 15 is 0 Å². The minimum absolute atomic E-state index is 0.0543. The molecule has 2 heterocycles. The minimum atomic E-state index is -0.204. The minimum Gasteiger partial charge on any atom is -0.494 e. The monoisotopic (exact) mass is 383 g/mol. The van der Waals surface area contributed by atoms with E-state index in [-0.39, 0.29) is 29.7 Å². The second-order valence-electron chi connectivity index (χ2n) is 6.79. The van der Waals surface area contributed by atoms with Gasteiger partial charge in [-0.05, 0) is 45.4 Å². The van der Waals surface area contributed by atoms with Crippen LogP contribution < -0.4 is 10.3 Å². The van der Waals surface area contributed by atoms with Crippen LogP contribution in [0.1, 0.15) is 42.5 Å². The van der Waals surface area contributed by atoms with E-state index in [4.69, 9.17) is 4.74 Å². The normalized spacial score (nSPS) is 12.2. The summed E-state index contributed by atoms with van der Waals surface area (Å²) in [5.74, 6) is 1.38. The number of rotatable bonds is 6. The SMILES string of the molecule is CCOc1ccc([C@@H](C)N(C)C(=O)Cc2nc3nc(C)c(C)c(=O)n3[nH]2)cc1. The van der Waals surface area contributed by atoms with Crippen molar-refractivity contribution in [1.29, 1.82) is 0 Å². The van der Waals surface area contributed by atoms with E-state index in [0.29, 0.717) is 23.7 Å². The Balaban J connectivity index is 1.75. The summed E-state index contributed by atoms with van der Waals surface area (Å²) in [6.45, 7) is 8.00. The van der Waals surface area contributed by atoms with Crippen LogP contribution in [-0.2, 0) is 11.2 Å². The first kappa shape index (κ1) is 19.6. The number of hydrogen-bond donors (Lipinski definition) is 1. The van der Waals surface area contributed by atoms with E-state index < -0.39 is 0 Å². The zero-order valence-corrected chi connectivity index (χ0v) is 16.8. The third-order valence-corrected chi connectivity index (χ3v) is 4.98. The van der Waals surface area contributed by atoms with Crippen LogP contribution in [0.4, 0.5) is 0 Å². The summed E-state index contributed by atoms with van der Waals surface area (Å²) in [4.78, 5) is 35.3. The topological polar surface area (TPSA) is 92.6 Å². The molecule has 0 spiro atoms. The first-order valence-corrected chi connectivity index (χ1v) is 9.25. The molecule has 2 aromatic heterocycles. The molecule has 0 bridgehead atoms. The summed E-state index contributed by atoms with van der Waals surface area (Å²) < 4.78 is 6.73. The summed E-state index contributed by atoms with van der Waals surface area (Å²) >= 11 is 0. The predicted molar refractivity (Wildman–Crippen MR) is 106 cm³/mol. The predicted octanol–water partition coefficient (Wildman–Crippen LogP) is 2.20. The lowest BCUT2D eigenvalue weighted by Crippen LogP contribution is -2.31. The third kappa shape index (κ3) is 3.76. The smallest absolute Gasteiger partial charge is 0.277 e. The number of ether oxygens (including phenoxy) is 1. The Morgan fingerprint density at radius 2 is 1.93 bits per heavy atom. The molecule has 8 nitrogen and oxygen atoms in total. The zero-order chi connectivity index (χ0) is 20.4. The van der Waals surface area contributed by atoms with Gasteiger partial charge >= 0.3 is 0 Å². The maximum atomic E-state index is 12.7. The van der Waals surface area contributed by atoms with Crippen molar-refractivity contribution in [3.05, 3.63) is 57.3 Å². The Labute approximate surface area is 163 Å². The number of carbonyl (C=O) groups excluding carboxylic acids is 1. The molecule has 0 saturated carbocycles. The quantitative estimate of drug-likeness (QED) is 0.704. The fourth-order valence-electron chi connectivity index (χ4n) is 2.94. The van der Waals surface area contributed by atoms with Gasteiger partial charge in [-0.1, -0.05) is 12.1 Å². The van der Waals surface area contributed by atoms with Crippen LogP contribution in [0.2, 0.25) is 0 Å². The molecule has 0 saturated heterocycles. The molecule has 0 aliphatic rings. The summed E-state index contributed by atoms with van der Waals surface area (Å²) in [5.41, 5.74) is 1.99. The van der Waals surface area contributed by atoms with E-state index in [9.17, 15) is 9.59 Å². The van der Waals surface area contributed by atoms with Crippen LogP contribution in [0.25, 0.3) is 5.78 Å².